The normalized spacial score (nSPS) is 15.2. The molecule has 166 valence electrons. The lowest BCUT2D eigenvalue weighted by Crippen LogP contribution is -2.43. The third-order valence-corrected chi connectivity index (χ3v) is 6.96. The van der Waals surface area contributed by atoms with Gasteiger partial charge in [0.15, 0.2) is 10.3 Å². The fourth-order valence-electron chi connectivity index (χ4n) is 4.07. The zero-order chi connectivity index (χ0) is 22.4. The van der Waals surface area contributed by atoms with Gasteiger partial charge in [-0.3, -0.25) is 0 Å². The van der Waals surface area contributed by atoms with Crippen LogP contribution < -0.4 is 10.6 Å². The maximum Gasteiger partial charge on any atom is 0.230 e. The summed E-state index contributed by atoms with van der Waals surface area (Å²) >= 11 is 13.1. The topological polar surface area (TPSA) is 75.6 Å². The van der Waals surface area contributed by atoms with Gasteiger partial charge in [0.05, 0.1) is 0 Å². The molecule has 1 saturated carbocycles. The quantitative estimate of drug-likeness (QED) is 0.267. The van der Waals surface area contributed by atoms with Crippen molar-refractivity contribution < 1.29 is 0 Å². The molecule has 0 amide bonds. The van der Waals surface area contributed by atoms with Crippen molar-refractivity contribution in [3.8, 4) is 0 Å². The number of aryl methyl sites for hydroxylation is 1. The predicted molar refractivity (Wildman–Crippen MR) is 133 cm³/mol. The molecular weight excluding hydrogens is 460 g/mol. The zero-order valence-corrected chi connectivity index (χ0v) is 20.2. The van der Waals surface area contributed by atoms with Crippen LogP contribution in [0.2, 0.25) is 5.02 Å². The monoisotopic (exact) mass is 484 g/mol. The summed E-state index contributed by atoms with van der Waals surface area (Å²) in [4.78, 5) is 17.5. The summed E-state index contributed by atoms with van der Waals surface area (Å²) < 4.78 is 0. The molecule has 3 aromatic rings. The molecule has 0 radical (unpaired) electrons. The van der Waals surface area contributed by atoms with Crippen LogP contribution in [0.25, 0.3) is 0 Å². The molecule has 9 heteroatoms. The van der Waals surface area contributed by atoms with E-state index in [9.17, 15) is 0 Å². The maximum absolute atomic E-state index is 6.12. The number of hydrogen-bond acceptors (Lipinski definition) is 6. The Morgan fingerprint density at radius 1 is 1.09 bits per heavy atom. The molecule has 0 atom stereocenters. The second-order valence-corrected chi connectivity index (χ2v) is 9.79. The van der Waals surface area contributed by atoms with Crippen molar-refractivity contribution in [3.63, 3.8) is 0 Å². The Balaban J connectivity index is 1.43. The van der Waals surface area contributed by atoms with E-state index < -0.39 is 0 Å². The van der Waals surface area contributed by atoms with Crippen molar-refractivity contribution in [1.82, 2.24) is 25.3 Å². The molecule has 0 bridgehead atoms. The van der Waals surface area contributed by atoms with Gasteiger partial charge in [0.1, 0.15) is 5.03 Å². The Bertz CT molecular complexity index is 1060. The van der Waals surface area contributed by atoms with Gasteiger partial charge in [-0.25, -0.2) is 19.9 Å². The minimum atomic E-state index is 0.0493. The highest BCUT2D eigenvalue weighted by molar-refractivity contribution is 7.99. The lowest BCUT2D eigenvalue weighted by Gasteiger charge is -2.38. The predicted octanol–water partition coefficient (Wildman–Crippen LogP) is 5.57. The fourth-order valence-corrected chi connectivity index (χ4v) is 5.14. The average molecular weight is 485 g/mol. The average Bonchev–Trinajstić information content (AvgIpc) is 2.79. The van der Waals surface area contributed by atoms with Gasteiger partial charge in [-0.05, 0) is 73.6 Å². The molecule has 0 unspecified atom stereocenters. The molecule has 0 spiro atoms. The van der Waals surface area contributed by atoms with Gasteiger partial charge < -0.3 is 10.6 Å². The van der Waals surface area contributed by atoms with Gasteiger partial charge in [-0.2, -0.15) is 0 Å². The van der Waals surface area contributed by atoms with Crippen LogP contribution >= 0.6 is 35.6 Å². The molecule has 1 fully saturated rings. The number of halogens is 1. The van der Waals surface area contributed by atoms with Crippen LogP contribution in [0.15, 0.2) is 59.0 Å². The molecule has 2 N–H and O–H groups in total. The molecule has 6 nitrogen and oxygen atoms in total. The molecule has 0 saturated heterocycles. The second-order valence-electron chi connectivity index (χ2n) is 7.96. The highest BCUT2D eigenvalue weighted by atomic mass is 35.5. The van der Waals surface area contributed by atoms with Gasteiger partial charge in [-0.15, -0.1) is 0 Å². The van der Waals surface area contributed by atoms with Crippen LogP contribution in [0.5, 0.6) is 0 Å². The number of benzene rings is 1. The van der Waals surface area contributed by atoms with Crippen molar-refractivity contribution >= 4 is 46.6 Å². The Morgan fingerprint density at radius 2 is 1.81 bits per heavy atom. The smallest absolute Gasteiger partial charge is 0.230 e. The van der Waals surface area contributed by atoms with E-state index in [4.69, 9.17) is 23.8 Å². The Kier molecular flexibility index (Phi) is 7.55. The van der Waals surface area contributed by atoms with E-state index in [1.54, 1.807) is 18.5 Å². The highest BCUT2D eigenvalue weighted by Gasteiger charge is 2.34. The van der Waals surface area contributed by atoms with Crippen molar-refractivity contribution in [2.24, 2.45) is 0 Å². The van der Waals surface area contributed by atoms with Gasteiger partial charge in [0, 0.05) is 35.1 Å². The Hall–Kier alpha value is -2.29. The van der Waals surface area contributed by atoms with Crippen LogP contribution in [-0.2, 0) is 5.41 Å². The van der Waals surface area contributed by atoms with E-state index in [2.05, 4.69) is 42.7 Å². The van der Waals surface area contributed by atoms with Gasteiger partial charge in [-0.1, -0.05) is 43.0 Å². The van der Waals surface area contributed by atoms with E-state index in [0.717, 1.165) is 35.1 Å². The molecule has 1 aliphatic rings. The molecule has 2 aromatic heterocycles. The van der Waals surface area contributed by atoms with E-state index in [1.807, 2.05) is 25.1 Å². The van der Waals surface area contributed by atoms with Crippen LogP contribution in [0.1, 0.15) is 43.4 Å². The summed E-state index contributed by atoms with van der Waals surface area (Å²) in [6.45, 7) is 2.68. The number of aromatic nitrogens is 4. The standard InChI is InChI=1S/C23H25ClN6S2/c1-16-14-19(32-22-25-12-5-13-26-22)29-20(28-16)30-21(31)27-15-23(10-3-2-4-11-23)17-6-8-18(24)9-7-17/h5-9,12-14H,2-4,10-11,15H2,1H3,(H2,27,28,29,30,31). The molecular formula is C23H25ClN6S2. The number of anilines is 1. The largest absolute Gasteiger partial charge is 0.361 e. The van der Waals surface area contributed by atoms with Crippen LogP contribution in [0, 0.1) is 6.92 Å². The van der Waals surface area contributed by atoms with Gasteiger partial charge in [0.25, 0.3) is 0 Å². The van der Waals surface area contributed by atoms with E-state index >= 15 is 0 Å². The number of hydrogen-bond donors (Lipinski definition) is 2. The summed E-state index contributed by atoms with van der Waals surface area (Å²) in [6, 6.07) is 11.9. The molecule has 0 aliphatic heterocycles. The summed E-state index contributed by atoms with van der Waals surface area (Å²) in [6.07, 6.45) is 9.39. The molecule has 4 rings (SSSR count). The first-order chi connectivity index (χ1) is 15.5. The zero-order valence-electron chi connectivity index (χ0n) is 17.8. The van der Waals surface area contributed by atoms with E-state index in [0.29, 0.717) is 16.2 Å². The first-order valence-electron chi connectivity index (χ1n) is 10.6. The lowest BCUT2D eigenvalue weighted by molar-refractivity contribution is 0.292. The molecule has 1 aromatic carbocycles. The maximum atomic E-state index is 6.12. The van der Waals surface area contributed by atoms with Gasteiger partial charge >= 0.3 is 0 Å². The number of rotatable bonds is 6. The summed E-state index contributed by atoms with van der Waals surface area (Å²) in [5, 5.41) is 9.25. The number of nitrogens with one attached hydrogen (secondary N) is 2. The Morgan fingerprint density at radius 3 is 2.53 bits per heavy atom. The second kappa shape index (κ2) is 10.6. The summed E-state index contributed by atoms with van der Waals surface area (Å²) in [7, 11) is 0. The van der Waals surface area contributed by atoms with Gasteiger partial charge in [0.2, 0.25) is 5.95 Å². The highest BCUT2D eigenvalue weighted by Crippen LogP contribution is 2.39. The third-order valence-electron chi connectivity index (χ3n) is 5.65. The molecule has 1 aliphatic carbocycles. The number of thiocarbonyl (C=S) groups is 1. The summed E-state index contributed by atoms with van der Waals surface area (Å²) in [5.74, 6) is 0.463. The first kappa shape index (κ1) is 22.9. The summed E-state index contributed by atoms with van der Waals surface area (Å²) in [5.41, 5.74) is 2.20. The van der Waals surface area contributed by atoms with Crippen LogP contribution in [0.4, 0.5) is 5.95 Å². The number of nitrogens with zero attached hydrogens (tertiary/aromatic N) is 4. The Labute approximate surface area is 203 Å². The lowest BCUT2D eigenvalue weighted by atomic mass is 9.69. The first-order valence-corrected chi connectivity index (χ1v) is 12.2. The van der Waals surface area contributed by atoms with Crippen LogP contribution in [-0.4, -0.2) is 31.6 Å². The van der Waals surface area contributed by atoms with Crippen molar-refractivity contribution in [3.05, 3.63) is 65.1 Å². The van der Waals surface area contributed by atoms with Crippen molar-refractivity contribution in [2.75, 3.05) is 11.9 Å². The fraction of sp³-hybridized carbons (Fsp3) is 0.348. The SMILES string of the molecule is Cc1cc(Sc2ncccn2)nc(NC(=S)NCC2(c3ccc(Cl)cc3)CCCCC2)n1. The van der Waals surface area contributed by atoms with Crippen molar-refractivity contribution in [2.45, 2.75) is 54.6 Å². The minimum absolute atomic E-state index is 0.0493. The van der Waals surface area contributed by atoms with E-state index in [-0.39, 0.29) is 5.41 Å². The minimum Gasteiger partial charge on any atom is -0.361 e. The third kappa shape index (κ3) is 5.94. The van der Waals surface area contributed by atoms with Crippen molar-refractivity contribution in [1.29, 1.82) is 0 Å². The van der Waals surface area contributed by atoms with Crippen LogP contribution in [0.3, 0.4) is 0 Å². The molecule has 32 heavy (non-hydrogen) atoms. The molecule has 2 heterocycles. The van der Waals surface area contributed by atoms with E-state index in [1.165, 1.54) is 36.6 Å².